The number of carbonyl (C=O) groups excluding carboxylic acids is 2. The van der Waals surface area contributed by atoms with Crippen LogP contribution >= 0.6 is 23.2 Å². The Labute approximate surface area is 161 Å². The molecule has 2 aromatic carbocycles. The van der Waals surface area contributed by atoms with Gasteiger partial charge in [0.2, 0.25) is 5.91 Å². The van der Waals surface area contributed by atoms with Crippen LogP contribution in [-0.4, -0.2) is 24.9 Å². The highest BCUT2D eigenvalue weighted by Crippen LogP contribution is 2.31. The molecule has 0 fully saturated rings. The van der Waals surface area contributed by atoms with Gasteiger partial charge in [0.05, 0.1) is 0 Å². The molecule has 0 aromatic heterocycles. The first-order valence-electron chi connectivity index (χ1n) is 8.16. The molecule has 1 amide bonds. The summed E-state index contributed by atoms with van der Waals surface area (Å²) in [6.45, 7) is 1.24. The molecule has 0 saturated carbocycles. The smallest absolute Gasteiger partial charge is 0.220 e. The van der Waals surface area contributed by atoms with Crippen molar-refractivity contribution in [3.63, 3.8) is 0 Å². The minimum absolute atomic E-state index is 0.0957. The Morgan fingerprint density at radius 3 is 2.50 bits per heavy atom. The highest BCUT2D eigenvalue weighted by atomic mass is 35.5. The number of Topliss-reactive ketones (excluding diaryl/α,β-unsaturated/α-hetero) is 1. The molecule has 0 unspecified atom stereocenters. The molecule has 1 N–H and O–H groups in total. The summed E-state index contributed by atoms with van der Waals surface area (Å²) >= 11 is 11.9. The number of nitrogens with one attached hydrogen (secondary N) is 1. The van der Waals surface area contributed by atoms with E-state index in [2.05, 4.69) is 5.32 Å². The number of ketones is 1. The van der Waals surface area contributed by atoms with Gasteiger partial charge < -0.3 is 14.8 Å². The summed E-state index contributed by atoms with van der Waals surface area (Å²) in [5, 5.41) is 3.78. The van der Waals surface area contributed by atoms with E-state index in [0.29, 0.717) is 40.3 Å². The summed E-state index contributed by atoms with van der Waals surface area (Å²) in [6.07, 6.45) is 0.207. The molecule has 0 spiro atoms. The van der Waals surface area contributed by atoms with Crippen LogP contribution in [-0.2, 0) is 11.3 Å². The lowest BCUT2D eigenvalue weighted by atomic mass is 10.1. The third-order valence-corrected chi connectivity index (χ3v) is 4.52. The number of carbonyl (C=O) groups is 2. The van der Waals surface area contributed by atoms with Gasteiger partial charge in [-0.1, -0.05) is 29.3 Å². The fraction of sp³-hybridized carbons (Fsp3) is 0.263. The predicted octanol–water partition coefficient (Wildman–Crippen LogP) is 4.04. The van der Waals surface area contributed by atoms with Crippen LogP contribution < -0.4 is 14.8 Å². The summed E-state index contributed by atoms with van der Waals surface area (Å²) in [6, 6.07) is 10.1. The quantitative estimate of drug-likeness (QED) is 0.751. The summed E-state index contributed by atoms with van der Waals surface area (Å²) in [7, 11) is 0. The summed E-state index contributed by atoms with van der Waals surface area (Å²) in [5.41, 5.74) is 1.27. The van der Waals surface area contributed by atoms with Crippen molar-refractivity contribution in [3.8, 4) is 11.5 Å². The third-order valence-electron chi connectivity index (χ3n) is 3.93. The molecule has 26 heavy (non-hydrogen) atoms. The Morgan fingerprint density at radius 1 is 0.962 bits per heavy atom. The van der Waals surface area contributed by atoms with E-state index in [0.717, 1.165) is 5.56 Å². The fourth-order valence-corrected chi connectivity index (χ4v) is 3.01. The maximum Gasteiger partial charge on any atom is 0.220 e. The molecule has 1 aliphatic heterocycles. The summed E-state index contributed by atoms with van der Waals surface area (Å²) in [5.74, 6) is 0.845. The number of hydrogen-bond donors (Lipinski definition) is 1. The van der Waals surface area contributed by atoms with Crippen molar-refractivity contribution in [1.82, 2.24) is 5.32 Å². The first-order chi connectivity index (χ1) is 12.5. The predicted molar refractivity (Wildman–Crippen MR) is 99.3 cm³/mol. The molecule has 0 aliphatic carbocycles. The SMILES string of the molecule is O=C(CCC(=O)c1ccc2c(c1)OCCO2)NCc1ccc(Cl)cc1Cl. The van der Waals surface area contributed by atoms with E-state index in [1.165, 1.54) is 0 Å². The van der Waals surface area contributed by atoms with Gasteiger partial charge in [-0.3, -0.25) is 9.59 Å². The maximum atomic E-state index is 12.3. The molecule has 0 radical (unpaired) electrons. The van der Waals surface area contributed by atoms with Gasteiger partial charge in [0.1, 0.15) is 13.2 Å². The molecule has 1 heterocycles. The fourth-order valence-electron chi connectivity index (χ4n) is 2.54. The second kappa shape index (κ2) is 8.43. The Balaban J connectivity index is 1.50. The Kier molecular flexibility index (Phi) is 6.01. The van der Waals surface area contributed by atoms with Gasteiger partial charge in [-0.25, -0.2) is 0 Å². The van der Waals surface area contributed by atoms with Gasteiger partial charge in [0, 0.05) is 35.0 Å². The van der Waals surface area contributed by atoms with Crippen LogP contribution in [0.4, 0.5) is 0 Å². The zero-order chi connectivity index (χ0) is 18.5. The minimum atomic E-state index is -0.220. The lowest BCUT2D eigenvalue weighted by Gasteiger charge is -2.18. The van der Waals surface area contributed by atoms with Crippen molar-refractivity contribution in [2.75, 3.05) is 13.2 Å². The Morgan fingerprint density at radius 2 is 1.73 bits per heavy atom. The van der Waals surface area contributed by atoms with Gasteiger partial charge in [0.15, 0.2) is 17.3 Å². The van der Waals surface area contributed by atoms with Crippen LogP contribution in [0.25, 0.3) is 0 Å². The lowest BCUT2D eigenvalue weighted by molar-refractivity contribution is -0.121. The van der Waals surface area contributed by atoms with Crippen molar-refractivity contribution in [2.24, 2.45) is 0 Å². The standard InChI is InChI=1S/C19H17Cl2NO4/c20-14-3-1-13(15(21)10-14)11-22-19(24)6-4-16(23)12-2-5-17-18(9-12)26-8-7-25-17/h1-3,5,9-10H,4,6-8,11H2,(H,22,24). The molecule has 0 saturated heterocycles. The normalized spacial score (nSPS) is 12.5. The number of rotatable bonds is 6. The van der Waals surface area contributed by atoms with E-state index < -0.39 is 0 Å². The van der Waals surface area contributed by atoms with E-state index >= 15 is 0 Å². The molecule has 136 valence electrons. The van der Waals surface area contributed by atoms with E-state index in [9.17, 15) is 9.59 Å². The monoisotopic (exact) mass is 393 g/mol. The summed E-state index contributed by atoms with van der Waals surface area (Å²) < 4.78 is 10.9. The van der Waals surface area contributed by atoms with Crippen LogP contribution in [0.1, 0.15) is 28.8 Å². The number of halogens is 2. The van der Waals surface area contributed by atoms with Crippen molar-refractivity contribution in [2.45, 2.75) is 19.4 Å². The maximum absolute atomic E-state index is 12.3. The van der Waals surface area contributed by atoms with Crippen molar-refractivity contribution in [1.29, 1.82) is 0 Å². The Hall–Kier alpha value is -2.24. The van der Waals surface area contributed by atoms with Gasteiger partial charge in [-0.2, -0.15) is 0 Å². The van der Waals surface area contributed by atoms with Crippen LogP contribution in [0.15, 0.2) is 36.4 Å². The molecule has 7 heteroatoms. The molecular weight excluding hydrogens is 377 g/mol. The van der Waals surface area contributed by atoms with Gasteiger partial charge in [-0.15, -0.1) is 0 Å². The van der Waals surface area contributed by atoms with Gasteiger partial charge >= 0.3 is 0 Å². The zero-order valence-corrected chi connectivity index (χ0v) is 15.4. The lowest BCUT2D eigenvalue weighted by Crippen LogP contribution is -2.23. The van der Waals surface area contributed by atoms with Gasteiger partial charge in [-0.05, 0) is 35.9 Å². The number of ether oxygens (including phenoxy) is 2. The first kappa shape index (κ1) is 18.5. The number of fused-ring (bicyclic) bond motifs is 1. The van der Waals surface area contributed by atoms with E-state index in [1.54, 1.807) is 36.4 Å². The van der Waals surface area contributed by atoms with Crippen LogP contribution in [0, 0.1) is 0 Å². The largest absolute Gasteiger partial charge is 0.486 e. The first-order valence-corrected chi connectivity index (χ1v) is 8.92. The van der Waals surface area contributed by atoms with Crippen molar-refractivity contribution >= 4 is 34.9 Å². The van der Waals surface area contributed by atoms with Crippen LogP contribution in [0.5, 0.6) is 11.5 Å². The third kappa shape index (κ3) is 4.68. The number of hydrogen-bond acceptors (Lipinski definition) is 4. The summed E-state index contributed by atoms with van der Waals surface area (Å²) in [4.78, 5) is 24.3. The van der Waals surface area contributed by atoms with E-state index in [1.807, 2.05) is 0 Å². The molecule has 2 aromatic rings. The minimum Gasteiger partial charge on any atom is -0.486 e. The average molecular weight is 394 g/mol. The Bertz CT molecular complexity index is 838. The van der Waals surface area contributed by atoms with Crippen LogP contribution in [0.2, 0.25) is 10.0 Å². The topological polar surface area (TPSA) is 64.6 Å². The molecule has 0 bridgehead atoms. The van der Waals surface area contributed by atoms with E-state index in [-0.39, 0.29) is 31.1 Å². The van der Waals surface area contributed by atoms with E-state index in [4.69, 9.17) is 32.7 Å². The molecular formula is C19H17Cl2NO4. The molecule has 5 nitrogen and oxygen atoms in total. The molecule has 0 atom stereocenters. The second-order valence-electron chi connectivity index (χ2n) is 5.79. The second-order valence-corrected chi connectivity index (χ2v) is 6.64. The van der Waals surface area contributed by atoms with Crippen molar-refractivity contribution in [3.05, 3.63) is 57.6 Å². The molecule has 1 aliphatic rings. The van der Waals surface area contributed by atoms with Crippen molar-refractivity contribution < 1.29 is 19.1 Å². The zero-order valence-electron chi connectivity index (χ0n) is 13.9. The molecule has 3 rings (SSSR count). The number of amides is 1. The number of benzene rings is 2. The highest BCUT2D eigenvalue weighted by molar-refractivity contribution is 6.35. The van der Waals surface area contributed by atoms with Crippen LogP contribution in [0.3, 0.4) is 0 Å². The highest BCUT2D eigenvalue weighted by Gasteiger charge is 2.16. The van der Waals surface area contributed by atoms with Gasteiger partial charge in [0.25, 0.3) is 0 Å². The average Bonchev–Trinajstić information content (AvgIpc) is 2.65.